The second kappa shape index (κ2) is 8.33. The fourth-order valence-corrected chi connectivity index (χ4v) is 4.18. The molecule has 6 heterocycles. The summed E-state index contributed by atoms with van der Waals surface area (Å²) in [5.41, 5.74) is 5.41. The third kappa shape index (κ3) is 3.69. The molecule has 6 aromatic heterocycles. The predicted molar refractivity (Wildman–Crippen MR) is 131 cm³/mol. The Bertz CT molecular complexity index is 1670. The van der Waals surface area contributed by atoms with Gasteiger partial charge in [0.25, 0.3) is 0 Å². The SMILES string of the molecule is CN(C)Cc1cncc(-c2ncc3[nH]nc(-c4nc5nccc(-c6ccccn6)c5[nH]4)c3c2F)c1. The zero-order valence-corrected chi connectivity index (χ0v) is 19.0. The van der Waals surface area contributed by atoms with Crippen molar-refractivity contribution in [1.29, 1.82) is 0 Å². The van der Waals surface area contributed by atoms with E-state index in [1.807, 2.05) is 49.3 Å². The minimum Gasteiger partial charge on any atom is -0.335 e. The fraction of sp³-hybridized carbons (Fsp3) is 0.120. The Morgan fingerprint density at radius 1 is 0.971 bits per heavy atom. The van der Waals surface area contributed by atoms with Crippen molar-refractivity contribution in [3.63, 3.8) is 0 Å². The van der Waals surface area contributed by atoms with E-state index in [2.05, 4.69) is 40.1 Å². The van der Waals surface area contributed by atoms with E-state index < -0.39 is 5.82 Å². The van der Waals surface area contributed by atoms with Gasteiger partial charge in [-0.1, -0.05) is 6.07 Å². The Morgan fingerprint density at radius 3 is 2.71 bits per heavy atom. The lowest BCUT2D eigenvalue weighted by molar-refractivity contribution is 0.402. The molecular formula is C25H20FN9. The molecule has 0 fully saturated rings. The van der Waals surface area contributed by atoms with Crippen LogP contribution in [0, 0.1) is 5.82 Å². The molecule has 0 unspecified atom stereocenters. The lowest BCUT2D eigenvalue weighted by atomic mass is 10.1. The van der Waals surface area contributed by atoms with Gasteiger partial charge in [-0.2, -0.15) is 5.10 Å². The van der Waals surface area contributed by atoms with Crippen LogP contribution in [0.5, 0.6) is 0 Å². The summed E-state index contributed by atoms with van der Waals surface area (Å²) in [6.45, 7) is 0.687. The van der Waals surface area contributed by atoms with E-state index in [0.717, 1.165) is 16.8 Å². The minimum absolute atomic E-state index is 0.205. The van der Waals surface area contributed by atoms with Crippen LogP contribution < -0.4 is 0 Å². The zero-order valence-electron chi connectivity index (χ0n) is 19.0. The van der Waals surface area contributed by atoms with Gasteiger partial charge in [-0.15, -0.1) is 0 Å². The lowest BCUT2D eigenvalue weighted by Crippen LogP contribution is -2.10. The number of hydrogen-bond acceptors (Lipinski definition) is 7. The summed E-state index contributed by atoms with van der Waals surface area (Å²) in [6, 6.07) is 9.45. The normalized spacial score (nSPS) is 11.7. The number of hydrogen-bond donors (Lipinski definition) is 2. The minimum atomic E-state index is -0.492. The molecule has 6 rings (SSSR count). The number of H-pyrrole nitrogens is 2. The van der Waals surface area contributed by atoms with Crippen LogP contribution in [-0.4, -0.2) is 59.1 Å². The van der Waals surface area contributed by atoms with Crippen LogP contribution >= 0.6 is 0 Å². The van der Waals surface area contributed by atoms with Crippen molar-refractivity contribution in [2.45, 2.75) is 6.54 Å². The maximum absolute atomic E-state index is 15.9. The third-order valence-electron chi connectivity index (χ3n) is 5.67. The van der Waals surface area contributed by atoms with E-state index in [1.165, 1.54) is 0 Å². The molecule has 2 N–H and O–H groups in total. The van der Waals surface area contributed by atoms with Crippen LogP contribution in [-0.2, 0) is 6.54 Å². The van der Waals surface area contributed by atoms with Gasteiger partial charge in [0, 0.05) is 42.5 Å². The molecule has 0 aliphatic carbocycles. The van der Waals surface area contributed by atoms with Gasteiger partial charge in [-0.25, -0.2) is 14.4 Å². The summed E-state index contributed by atoms with van der Waals surface area (Å²) in [4.78, 5) is 27.3. The van der Waals surface area contributed by atoms with Gasteiger partial charge in [0.2, 0.25) is 0 Å². The molecular weight excluding hydrogens is 445 g/mol. The highest BCUT2D eigenvalue weighted by molar-refractivity contribution is 5.96. The average Bonchev–Trinajstić information content (AvgIpc) is 3.49. The largest absolute Gasteiger partial charge is 0.335 e. The van der Waals surface area contributed by atoms with Crippen molar-refractivity contribution < 1.29 is 4.39 Å². The van der Waals surface area contributed by atoms with Crippen LogP contribution in [0.25, 0.3) is 56.1 Å². The average molecular weight is 465 g/mol. The zero-order chi connectivity index (χ0) is 23.9. The number of aromatic amines is 2. The van der Waals surface area contributed by atoms with Gasteiger partial charge < -0.3 is 9.88 Å². The number of rotatable bonds is 5. The molecule has 172 valence electrons. The van der Waals surface area contributed by atoms with Crippen molar-refractivity contribution >= 4 is 22.1 Å². The molecule has 0 spiro atoms. The molecule has 0 amide bonds. The summed E-state index contributed by atoms with van der Waals surface area (Å²) in [5.74, 6) is -0.0916. The van der Waals surface area contributed by atoms with E-state index in [4.69, 9.17) is 0 Å². The van der Waals surface area contributed by atoms with Crippen LogP contribution in [0.4, 0.5) is 4.39 Å². The number of aromatic nitrogens is 8. The molecule has 35 heavy (non-hydrogen) atoms. The van der Waals surface area contributed by atoms with Gasteiger partial charge in [0.05, 0.1) is 28.3 Å². The number of imidazole rings is 1. The smallest absolute Gasteiger partial charge is 0.178 e. The summed E-state index contributed by atoms with van der Waals surface area (Å²) in [5, 5.41) is 7.52. The Hall–Kier alpha value is -4.57. The molecule has 0 bridgehead atoms. The molecule has 0 radical (unpaired) electrons. The first-order valence-corrected chi connectivity index (χ1v) is 11.0. The lowest BCUT2D eigenvalue weighted by Gasteiger charge is -2.10. The quantitative estimate of drug-likeness (QED) is 0.392. The second-order valence-electron chi connectivity index (χ2n) is 8.46. The highest BCUT2D eigenvalue weighted by Gasteiger charge is 2.21. The second-order valence-corrected chi connectivity index (χ2v) is 8.46. The van der Waals surface area contributed by atoms with E-state index in [-0.39, 0.29) is 5.69 Å². The molecule has 10 heteroatoms. The summed E-state index contributed by atoms with van der Waals surface area (Å²) < 4.78 is 15.9. The van der Waals surface area contributed by atoms with Crippen molar-refractivity contribution in [3.8, 4) is 34.0 Å². The highest BCUT2D eigenvalue weighted by atomic mass is 19.1. The monoisotopic (exact) mass is 465 g/mol. The van der Waals surface area contributed by atoms with Crippen LogP contribution in [0.3, 0.4) is 0 Å². The molecule has 0 aliphatic rings. The Labute approximate surface area is 199 Å². The molecule has 0 aliphatic heterocycles. The summed E-state index contributed by atoms with van der Waals surface area (Å²) in [7, 11) is 3.94. The van der Waals surface area contributed by atoms with Gasteiger partial charge in [0.15, 0.2) is 17.3 Å². The summed E-state index contributed by atoms with van der Waals surface area (Å²) >= 11 is 0. The van der Waals surface area contributed by atoms with Crippen LogP contribution in [0.15, 0.2) is 61.3 Å². The van der Waals surface area contributed by atoms with Gasteiger partial charge >= 0.3 is 0 Å². The summed E-state index contributed by atoms with van der Waals surface area (Å²) in [6.07, 6.45) is 8.36. The number of fused-ring (bicyclic) bond motifs is 2. The van der Waals surface area contributed by atoms with Crippen LogP contribution in [0.1, 0.15) is 5.56 Å². The van der Waals surface area contributed by atoms with E-state index >= 15 is 4.39 Å². The standard InChI is InChI=1S/C25H20FN9/c1-35(2)13-14-9-15(11-27-10-14)21-20(26)19-18(12-30-21)33-34-23(19)25-31-22-16(6-8-29-24(22)32-25)17-5-3-4-7-28-17/h3-12H,13H2,1-2H3,(H,33,34)(H,29,31,32). The highest BCUT2D eigenvalue weighted by Crippen LogP contribution is 2.33. The molecule has 0 saturated heterocycles. The number of halogens is 1. The predicted octanol–water partition coefficient (Wildman–Crippen LogP) is 4.22. The van der Waals surface area contributed by atoms with Crippen molar-refractivity contribution in [1.82, 2.24) is 45.0 Å². The first-order chi connectivity index (χ1) is 17.1. The Kier molecular flexibility index (Phi) is 5.00. The maximum atomic E-state index is 15.9. The fourth-order valence-electron chi connectivity index (χ4n) is 4.18. The number of nitrogens with zero attached hydrogens (tertiary/aromatic N) is 7. The van der Waals surface area contributed by atoms with E-state index in [1.54, 1.807) is 31.0 Å². The molecule has 0 saturated carbocycles. The van der Waals surface area contributed by atoms with Crippen molar-refractivity contribution in [2.24, 2.45) is 0 Å². The Morgan fingerprint density at radius 2 is 1.89 bits per heavy atom. The van der Waals surface area contributed by atoms with Crippen LogP contribution in [0.2, 0.25) is 0 Å². The van der Waals surface area contributed by atoms with Crippen molar-refractivity contribution in [3.05, 3.63) is 72.7 Å². The van der Waals surface area contributed by atoms with Gasteiger partial charge in [-0.05, 0) is 43.9 Å². The molecule has 0 atom stereocenters. The van der Waals surface area contributed by atoms with E-state index in [9.17, 15) is 0 Å². The maximum Gasteiger partial charge on any atom is 0.178 e. The third-order valence-corrected chi connectivity index (χ3v) is 5.67. The number of pyridine rings is 4. The Balaban J connectivity index is 1.49. The number of nitrogens with one attached hydrogen (secondary N) is 2. The van der Waals surface area contributed by atoms with E-state index in [0.29, 0.717) is 45.7 Å². The first kappa shape index (κ1) is 21.0. The van der Waals surface area contributed by atoms with Gasteiger partial charge in [0.1, 0.15) is 11.4 Å². The van der Waals surface area contributed by atoms with Gasteiger partial charge in [-0.3, -0.25) is 20.1 Å². The first-order valence-electron chi connectivity index (χ1n) is 11.0. The molecule has 6 aromatic rings. The molecule has 9 nitrogen and oxygen atoms in total. The van der Waals surface area contributed by atoms with Crippen molar-refractivity contribution in [2.75, 3.05) is 14.1 Å². The topological polar surface area (TPSA) is 112 Å². The molecule has 0 aromatic carbocycles.